The molecule has 0 radical (unpaired) electrons. The Labute approximate surface area is 348 Å². The molecule has 0 bridgehead atoms. The van der Waals surface area contributed by atoms with Crippen LogP contribution in [0.5, 0.6) is 11.5 Å². The van der Waals surface area contributed by atoms with Crippen LogP contribution in [0.2, 0.25) is 0 Å². The largest absolute Gasteiger partial charge is 0.456 e. The van der Waals surface area contributed by atoms with Gasteiger partial charge in [0.2, 0.25) is 5.95 Å². The van der Waals surface area contributed by atoms with Crippen molar-refractivity contribution in [2.75, 3.05) is 0 Å². The van der Waals surface area contributed by atoms with Crippen molar-refractivity contribution in [3.8, 4) is 45.5 Å². The molecule has 61 heavy (non-hydrogen) atoms. The average molecular weight is 777 g/mol. The van der Waals surface area contributed by atoms with Crippen molar-refractivity contribution >= 4 is 86.8 Å². The number of nitrogens with zero attached hydrogens (tertiary/aromatic N) is 4. The second kappa shape index (κ2) is 12.1. The van der Waals surface area contributed by atoms with Crippen LogP contribution in [0.1, 0.15) is 0 Å². The van der Waals surface area contributed by atoms with Gasteiger partial charge in [-0.25, -0.2) is 9.97 Å². The predicted octanol–water partition coefficient (Wildman–Crippen LogP) is 14.7. The fourth-order valence-electron chi connectivity index (χ4n) is 10.2. The van der Waals surface area contributed by atoms with E-state index >= 15 is 0 Å². The summed E-state index contributed by atoms with van der Waals surface area (Å²) in [6, 6.07) is 69.8. The maximum atomic E-state index is 6.34. The van der Waals surface area contributed by atoms with E-state index < -0.39 is 0 Å². The Morgan fingerprint density at radius 1 is 0.361 bits per heavy atom. The van der Waals surface area contributed by atoms with Crippen molar-refractivity contribution in [1.82, 2.24) is 19.1 Å². The molecule has 1 aliphatic heterocycles. The Balaban J connectivity index is 1.03. The third-order valence-corrected chi connectivity index (χ3v) is 12.9. The highest BCUT2D eigenvalue weighted by Gasteiger charge is 2.25. The quantitative estimate of drug-likeness (QED) is 0.168. The Bertz CT molecular complexity index is 4040. The molecule has 10 aromatic carbocycles. The lowest BCUT2D eigenvalue weighted by Crippen LogP contribution is -2.06. The van der Waals surface area contributed by atoms with Crippen LogP contribution in [0.4, 0.5) is 0 Å². The standard InChI is InChI=1S/C56H32N4O/c1-4-15-38-33(12-1)25-29-48-53(38)44-30-34(26-28-47(44)59(48)49-32-36-13-2-3-14-37(36)39-16-5-6-17-40(39)49)35-24-27-42-41-18-7-9-21-46(41)60(50(42)31-35)56-57-45-20-11-23-52-54(45)55(58-56)43-19-8-10-22-51(43)61-52/h1-32H. The predicted molar refractivity (Wildman–Crippen MR) is 252 cm³/mol. The van der Waals surface area contributed by atoms with E-state index in [2.05, 4.69) is 173 Å². The lowest BCUT2D eigenvalue weighted by Gasteiger charge is -2.21. The molecule has 0 aliphatic carbocycles. The van der Waals surface area contributed by atoms with Crippen molar-refractivity contribution < 1.29 is 4.74 Å². The molecule has 13 aromatic rings. The van der Waals surface area contributed by atoms with Crippen LogP contribution >= 0.6 is 0 Å². The SMILES string of the molecule is c1ccc2c(c1)Oc1cccc3nc(-n4c5ccccc5c5ccc(-c6ccc7c(c6)c6c8ccccc8ccc6n7-c6cc7ccccc7c7ccccc67)cc54)nc-2c13. The molecule has 0 fully saturated rings. The van der Waals surface area contributed by atoms with Crippen molar-refractivity contribution in [3.63, 3.8) is 0 Å². The second-order valence-electron chi connectivity index (χ2n) is 16.1. The minimum Gasteiger partial charge on any atom is -0.456 e. The maximum absolute atomic E-state index is 6.34. The topological polar surface area (TPSA) is 44.9 Å². The lowest BCUT2D eigenvalue weighted by molar-refractivity contribution is 0.486. The first-order chi connectivity index (χ1) is 30.2. The molecule has 5 nitrogen and oxygen atoms in total. The number of rotatable bonds is 3. The van der Waals surface area contributed by atoms with Gasteiger partial charge in [0, 0.05) is 32.5 Å². The molecule has 0 atom stereocenters. The number of benzene rings is 10. The fraction of sp³-hybridized carbons (Fsp3) is 0. The maximum Gasteiger partial charge on any atom is 0.235 e. The summed E-state index contributed by atoms with van der Waals surface area (Å²) in [6.45, 7) is 0. The van der Waals surface area contributed by atoms with E-state index in [1.54, 1.807) is 0 Å². The number of hydrogen-bond donors (Lipinski definition) is 0. The summed E-state index contributed by atoms with van der Waals surface area (Å²) < 4.78 is 11.1. The molecule has 5 heteroatoms. The highest BCUT2D eigenvalue weighted by molar-refractivity contribution is 6.23. The Kier molecular flexibility index (Phi) is 6.49. The first kappa shape index (κ1) is 32.7. The Morgan fingerprint density at radius 3 is 1.95 bits per heavy atom. The third kappa shape index (κ3) is 4.55. The number of fused-ring (bicyclic) bond motifs is 13. The minimum absolute atomic E-state index is 0.632. The fourth-order valence-corrected chi connectivity index (χ4v) is 10.2. The summed E-state index contributed by atoms with van der Waals surface area (Å²) in [6.07, 6.45) is 0. The van der Waals surface area contributed by atoms with Crippen LogP contribution in [0, 0.1) is 0 Å². The van der Waals surface area contributed by atoms with Crippen molar-refractivity contribution in [2.24, 2.45) is 0 Å². The van der Waals surface area contributed by atoms with Crippen LogP contribution in [0.3, 0.4) is 0 Å². The van der Waals surface area contributed by atoms with Crippen LogP contribution in [0.15, 0.2) is 194 Å². The van der Waals surface area contributed by atoms with Gasteiger partial charge in [-0.3, -0.25) is 4.57 Å². The number of aromatic nitrogens is 4. The normalized spacial score (nSPS) is 12.4. The van der Waals surface area contributed by atoms with Gasteiger partial charge in [-0.15, -0.1) is 0 Å². The molecule has 4 heterocycles. The van der Waals surface area contributed by atoms with Gasteiger partial charge < -0.3 is 9.30 Å². The Hall–Kier alpha value is -8.28. The van der Waals surface area contributed by atoms with Crippen LogP contribution in [0.25, 0.3) is 121 Å². The molecule has 0 unspecified atom stereocenters. The van der Waals surface area contributed by atoms with Crippen LogP contribution < -0.4 is 4.74 Å². The average Bonchev–Trinajstić information content (AvgIpc) is 3.83. The molecular formula is C56H32N4O. The zero-order valence-electron chi connectivity index (χ0n) is 32.7. The third-order valence-electron chi connectivity index (χ3n) is 12.9. The first-order valence-electron chi connectivity index (χ1n) is 20.7. The van der Waals surface area contributed by atoms with E-state index in [4.69, 9.17) is 14.7 Å². The summed E-state index contributed by atoms with van der Waals surface area (Å²) >= 11 is 0. The molecule has 3 aromatic heterocycles. The second-order valence-corrected chi connectivity index (χ2v) is 16.1. The van der Waals surface area contributed by atoms with Crippen molar-refractivity contribution in [3.05, 3.63) is 194 Å². The van der Waals surface area contributed by atoms with Crippen LogP contribution in [-0.4, -0.2) is 19.1 Å². The molecule has 14 rings (SSSR count). The van der Waals surface area contributed by atoms with Crippen LogP contribution in [-0.2, 0) is 0 Å². The summed E-state index contributed by atoms with van der Waals surface area (Å²) in [4.78, 5) is 10.6. The van der Waals surface area contributed by atoms with Gasteiger partial charge in [-0.05, 0) is 98.7 Å². The molecule has 282 valence electrons. The molecule has 0 saturated carbocycles. The molecule has 0 amide bonds. The van der Waals surface area contributed by atoms with Gasteiger partial charge in [0.25, 0.3) is 0 Å². The Morgan fingerprint density at radius 2 is 1.03 bits per heavy atom. The molecule has 1 aliphatic rings. The molecular weight excluding hydrogens is 745 g/mol. The van der Waals surface area contributed by atoms with Gasteiger partial charge in [-0.2, -0.15) is 0 Å². The van der Waals surface area contributed by atoms with E-state index in [-0.39, 0.29) is 0 Å². The monoisotopic (exact) mass is 776 g/mol. The minimum atomic E-state index is 0.632. The van der Waals surface area contributed by atoms with Gasteiger partial charge in [-0.1, -0.05) is 133 Å². The highest BCUT2D eigenvalue weighted by atomic mass is 16.5. The van der Waals surface area contributed by atoms with E-state index in [1.807, 2.05) is 30.3 Å². The summed E-state index contributed by atoms with van der Waals surface area (Å²) in [5, 5.41) is 13.2. The van der Waals surface area contributed by atoms with Crippen molar-refractivity contribution in [2.45, 2.75) is 0 Å². The first-order valence-corrected chi connectivity index (χ1v) is 20.7. The van der Waals surface area contributed by atoms with E-state index in [1.165, 1.54) is 59.8 Å². The molecule has 0 saturated heterocycles. The number of para-hydroxylation sites is 2. The lowest BCUT2D eigenvalue weighted by atomic mass is 9.99. The van der Waals surface area contributed by atoms with E-state index in [0.717, 1.165) is 66.6 Å². The van der Waals surface area contributed by atoms with Gasteiger partial charge in [0.05, 0.1) is 44.4 Å². The molecule has 0 N–H and O–H groups in total. The molecule has 0 spiro atoms. The zero-order valence-corrected chi connectivity index (χ0v) is 32.7. The number of ether oxygens (including phenoxy) is 1. The zero-order chi connectivity index (χ0) is 39.8. The van der Waals surface area contributed by atoms with Gasteiger partial charge >= 0.3 is 0 Å². The summed E-state index contributed by atoms with van der Waals surface area (Å²) in [7, 11) is 0. The highest BCUT2D eigenvalue weighted by Crippen LogP contribution is 2.46. The number of hydrogen-bond acceptors (Lipinski definition) is 3. The van der Waals surface area contributed by atoms with Gasteiger partial charge in [0.1, 0.15) is 11.5 Å². The van der Waals surface area contributed by atoms with E-state index in [0.29, 0.717) is 5.95 Å². The van der Waals surface area contributed by atoms with Gasteiger partial charge in [0.15, 0.2) is 0 Å². The van der Waals surface area contributed by atoms with Crippen molar-refractivity contribution in [1.29, 1.82) is 0 Å². The smallest absolute Gasteiger partial charge is 0.235 e. The summed E-state index contributed by atoms with van der Waals surface area (Å²) in [5.41, 5.74) is 10.6. The summed E-state index contributed by atoms with van der Waals surface area (Å²) in [5.74, 6) is 2.21. The van der Waals surface area contributed by atoms with E-state index in [9.17, 15) is 0 Å².